The lowest BCUT2D eigenvalue weighted by Gasteiger charge is -2.02. The molecule has 2 N–H and O–H groups in total. The van der Waals surface area contributed by atoms with Crippen LogP contribution in [0.25, 0.3) is 33.5 Å². The minimum atomic E-state index is 0.890. The number of imidazole rings is 1. The van der Waals surface area contributed by atoms with E-state index in [1.165, 1.54) is 5.39 Å². The van der Waals surface area contributed by atoms with Gasteiger partial charge in [-0.15, -0.1) is 0 Å². The topological polar surface area (TPSA) is 44.5 Å². The summed E-state index contributed by atoms with van der Waals surface area (Å²) in [4.78, 5) is 11.1. The number of rotatable bonds is 2. The summed E-state index contributed by atoms with van der Waals surface area (Å²) in [7, 11) is 0. The van der Waals surface area contributed by atoms with E-state index in [2.05, 4.69) is 45.3 Å². The number of nitrogens with zero attached hydrogens (tertiary/aromatic N) is 1. The molecular formula is C17H13N3. The fraction of sp³-hybridized carbons (Fsp3) is 0. The molecule has 0 bridgehead atoms. The number of aromatic amines is 2. The van der Waals surface area contributed by atoms with Gasteiger partial charge >= 0.3 is 0 Å². The highest BCUT2D eigenvalue weighted by atomic mass is 14.9. The van der Waals surface area contributed by atoms with Gasteiger partial charge in [-0.25, -0.2) is 4.98 Å². The van der Waals surface area contributed by atoms with E-state index in [9.17, 15) is 0 Å². The maximum atomic E-state index is 4.42. The van der Waals surface area contributed by atoms with Crippen LogP contribution in [0, 0.1) is 0 Å². The van der Waals surface area contributed by atoms with Gasteiger partial charge in [0.1, 0.15) is 5.82 Å². The van der Waals surface area contributed by atoms with Crippen LogP contribution in [0.5, 0.6) is 0 Å². The maximum Gasteiger partial charge on any atom is 0.140 e. The molecule has 0 amide bonds. The van der Waals surface area contributed by atoms with Crippen LogP contribution in [0.2, 0.25) is 0 Å². The molecule has 3 nitrogen and oxygen atoms in total. The zero-order valence-corrected chi connectivity index (χ0v) is 10.8. The summed E-state index contributed by atoms with van der Waals surface area (Å²) in [6, 6.07) is 18.6. The van der Waals surface area contributed by atoms with Crippen LogP contribution in [-0.4, -0.2) is 15.0 Å². The Morgan fingerprint density at radius 3 is 2.45 bits per heavy atom. The number of hydrogen-bond acceptors (Lipinski definition) is 1. The van der Waals surface area contributed by atoms with Crippen molar-refractivity contribution < 1.29 is 0 Å². The van der Waals surface area contributed by atoms with Crippen molar-refractivity contribution in [2.45, 2.75) is 0 Å². The first kappa shape index (κ1) is 11.1. The molecule has 0 spiro atoms. The van der Waals surface area contributed by atoms with E-state index in [1.807, 2.05) is 30.5 Å². The largest absolute Gasteiger partial charge is 0.354 e. The number of aromatic nitrogens is 3. The Morgan fingerprint density at radius 1 is 0.850 bits per heavy atom. The second-order valence-corrected chi connectivity index (χ2v) is 4.72. The molecule has 0 saturated heterocycles. The minimum Gasteiger partial charge on any atom is -0.354 e. The number of benzene rings is 2. The molecule has 0 atom stereocenters. The van der Waals surface area contributed by atoms with Crippen LogP contribution in [-0.2, 0) is 0 Å². The Labute approximate surface area is 116 Å². The lowest BCUT2D eigenvalue weighted by atomic mass is 10.0. The van der Waals surface area contributed by atoms with E-state index in [0.717, 1.165) is 28.2 Å². The Kier molecular flexibility index (Phi) is 2.42. The summed E-state index contributed by atoms with van der Waals surface area (Å²) in [5, 5.41) is 1.18. The van der Waals surface area contributed by atoms with E-state index < -0.39 is 0 Å². The zero-order chi connectivity index (χ0) is 13.4. The molecule has 0 aliphatic heterocycles. The van der Waals surface area contributed by atoms with Gasteiger partial charge in [0.2, 0.25) is 0 Å². The summed E-state index contributed by atoms with van der Waals surface area (Å²) in [6.45, 7) is 0. The molecule has 4 rings (SSSR count). The molecule has 0 radical (unpaired) electrons. The molecule has 0 fully saturated rings. The summed E-state index contributed by atoms with van der Waals surface area (Å²) >= 11 is 0. The Morgan fingerprint density at radius 2 is 1.65 bits per heavy atom. The van der Waals surface area contributed by atoms with Gasteiger partial charge in [0.25, 0.3) is 0 Å². The van der Waals surface area contributed by atoms with Crippen molar-refractivity contribution in [3.8, 4) is 22.6 Å². The molecule has 96 valence electrons. The second kappa shape index (κ2) is 4.38. The number of nitrogens with one attached hydrogen (secondary N) is 2. The highest BCUT2D eigenvalue weighted by Crippen LogP contribution is 2.36. The third-order valence-corrected chi connectivity index (χ3v) is 3.50. The second-order valence-electron chi connectivity index (χ2n) is 4.72. The van der Waals surface area contributed by atoms with Crippen molar-refractivity contribution in [3.63, 3.8) is 0 Å². The van der Waals surface area contributed by atoms with Crippen LogP contribution in [0.4, 0.5) is 0 Å². The first-order valence-electron chi connectivity index (χ1n) is 6.59. The average molecular weight is 259 g/mol. The fourth-order valence-electron chi connectivity index (χ4n) is 2.61. The normalized spacial score (nSPS) is 11.0. The van der Waals surface area contributed by atoms with E-state index in [0.29, 0.717) is 0 Å². The van der Waals surface area contributed by atoms with Crippen molar-refractivity contribution >= 4 is 10.9 Å². The summed E-state index contributed by atoms with van der Waals surface area (Å²) < 4.78 is 0. The predicted octanol–water partition coefficient (Wildman–Crippen LogP) is 4.23. The summed E-state index contributed by atoms with van der Waals surface area (Å²) in [5.74, 6) is 0.890. The molecule has 0 aliphatic carbocycles. The number of para-hydroxylation sites is 1. The van der Waals surface area contributed by atoms with Gasteiger partial charge in [-0.1, -0.05) is 48.5 Å². The van der Waals surface area contributed by atoms with Crippen LogP contribution >= 0.6 is 0 Å². The SMILES string of the molecule is c1ccc(-c2[nH]c3ccccc3c2-c2ncc[nH]2)cc1. The van der Waals surface area contributed by atoms with Crippen molar-refractivity contribution in [2.24, 2.45) is 0 Å². The van der Waals surface area contributed by atoms with E-state index >= 15 is 0 Å². The highest BCUT2D eigenvalue weighted by Gasteiger charge is 2.15. The minimum absolute atomic E-state index is 0.890. The Bertz CT molecular complexity index is 842. The molecule has 2 aromatic heterocycles. The van der Waals surface area contributed by atoms with Gasteiger partial charge in [-0.3, -0.25) is 0 Å². The third-order valence-electron chi connectivity index (χ3n) is 3.50. The van der Waals surface area contributed by atoms with Crippen LogP contribution < -0.4 is 0 Å². The van der Waals surface area contributed by atoms with Crippen LogP contribution in [0.15, 0.2) is 67.0 Å². The molecule has 0 saturated carbocycles. The van der Waals surface area contributed by atoms with E-state index in [-0.39, 0.29) is 0 Å². The van der Waals surface area contributed by atoms with E-state index in [1.54, 1.807) is 6.20 Å². The van der Waals surface area contributed by atoms with Gasteiger partial charge in [-0.2, -0.15) is 0 Å². The van der Waals surface area contributed by atoms with Crippen molar-refractivity contribution in [2.75, 3.05) is 0 Å². The molecule has 20 heavy (non-hydrogen) atoms. The molecule has 0 unspecified atom stereocenters. The van der Waals surface area contributed by atoms with E-state index in [4.69, 9.17) is 0 Å². The summed E-state index contributed by atoms with van der Waals surface area (Å²) in [5.41, 5.74) is 4.51. The van der Waals surface area contributed by atoms with Crippen molar-refractivity contribution in [1.29, 1.82) is 0 Å². The average Bonchev–Trinajstić information content (AvgIpc) is 3.14. The zero-order valence-electron chi connectivity index (χ0n) is 10.8. The van der Waals surface area contributed by atoms with Crippen LogP contribution in [0.1, 0.15) is 0 Å². The van der Waals surface area contributed by atoms with Gasteiger partial charge in [0, 0.05) is 23.3 Å². The fourth-order valence-corrected chi connectivity index (χ4v) is 2.61. The molecule has 2 heterocycles. The molecule has 0 aliphatic rings. The summed E-state index contributed by atoms with van der Waals surface area (Å²) in [6.07, 6.45) is 3.64. The van der Waals surface area contributed by atoms with Gasteiger partial charge in [0.15, 0.2) is 0 Å². The first-order chi connectivity index (χ1) is 9.93. The molecule has 2 aromatic carbocycles. The van der Waals surface area contributed by atoms with Crippen molar-refractivity contribution in [3.05, 3.63) is 67.0 Å². The van der Waals surface area contributed by atoms with Gasteiger partial charge in [0.05, 0.1) is 11.3 Å². The van der Waals surface area contributed by atoms with Gasteiger partial charge < -0.3 is 9.97 Å². The number of hydrogen-bond donors (Lipinski definition) is 2. The number of fused-ring (bicyclic) bond motifs is 1. The highest BCUT2D eigenvalue weighted by molar-refractivity contribution is 6.02. The Hall–Kier alpha value is -2.81. The lowest BCUT2D eigenvalue weighted by molar-refractivity contribution is 1.31. The van der Waals surface area contributed by atoms with Crippen molar-refractivity contribution in [1.82, 2.24) is 15.0 Å². The Balaban J connectivity index is 2.08. The smallest absolute Gasteiger partial charge is 0.140 e. The monoisotopic (exact) mass is 259 g/mol. The number of H-pyrrole nitrogens is 2. The first-order valence-corrected chi connectivity index (χ1v) is 6.59. The molecular weight excluding hydrogens is 246 g/mol. The van der Waals surface area contributed by atoms with Gasteiger partial charge in [-0.05, 0) is 11.6 Å². The van der Waals surface area contributed by atoms with Crippen LogP contribution in [0.3, 0.4) is 0 Å². The maximum absolute atomic E-state index is 4.42. The molecule has 4 aromatic rings. The lowest BCUT2D eigenvalue weighted by Crippen LogP contribution is -1.84. The quantitative estimate of drug-likeness (QED) is 0.556. The molecule has 3 heteroatoms. The predicted molar refractivity (Wildman–Crippen MR) is 81.3 cm³/mol. The standard InChI is InChI=1S/C17H13N3/c1-2-6-12(7-3-1)16-15(17-18-10-11-19-17)13-8-4-5-9-14(13)20-16/h1-11,20H,(H,18,19). The third kappa shape index (κ3) is 1.64.